The molecule has 118 valence electrons. The highest BCUT2D eigenvalue weighted by Crippen LogP contribution is 2.33. The lowest BCUT2D eigenvalue weighted by atomic mass is 10.0. The molecule has 2 N–H and O–H groups in total. The van der Waals surface area contributed by atoms with Crippen LogP contribution in [0.2, 0.25) is 0 Å². The molecule has 0 saturated carbocycles. The highest BCUT2D eigenvalue weighted by Gasteiger charge is 2.31. The fourth-order valence-electron chi connectivity index (χ4n) is 3.40. The van der Waals surface area contributed by atoms with Gasteiger partial charge in [-0.25, -0.2) is 4.39 Å². The number of β-amino-alcohol motifs (C(OH)–C–C–N with tert-alkyl or cyclic N) is 1. The van der Waals surface area contributed by atoms with Crippen LogP contribution in [0.25, 0.3) is 10.9 Å². The lowest BCUT2D eigenvalue weighted by Crippen LogP contribution is -2.24. The van der Waals surface area contributed by atoms with Gasteiger partial charge in [0.05, 0.1) is 17.8 Å². The van der Waals surface area contributed by atoms with E-state index < -0.39 is 0 Å². The van der Waals surface area contributed by atoms with Crippen LogP contribution in [-0.2, 0) is 6.54 Å². The standard InChI is InChI=1S/C18H18FN3O/c19-15-5-3-13(4-6-15)18-8-16(23)11-22(18)10-12-1-2-14-9-20-21-17(14)7-12/h1-7,9,16,18,23H,8,10-11H2,(H,20,21)/t16-,18+/m0/s1. The lowest BCUT2D eigenvalue weighted by molar-refractivity contribution is 0.172. The molecule has 0 spiro atoms. The van der Waals surface area contributed by atoms with E-state index in [-0.39, 0.29) is 18.0 Å². The van der Waals surface area contributed by atoms with Crippen LogP contribution in [0, 0.1) is 5.82 Å². The number of aromatic nitrogens is 2. The fourth-order valence-corrected chi connectivity index (χ4v) is 3.40. The van der Waals surface area contributed by atoms with Crippen LogP contribution in [-0.4, -0.2) is 32.9 Å². The predicted molar refractivity (Wildman–Crippen MR) is 86.3 cm³/mol. The average molecular weight is 311 g/mol. The maximum atomic E-state index is 13.1. The first-order valence-electron chi connectivity index (χ1n) is 7.78. The Kier molecular flexibility index (Phi) is 3.59. The van der Waals surface area contributed by atoms with Gasteiger partial charge in [-0.2, -0.15) is 5.10 Å². The minimum atomic E-state index is -0.346. The Bertz CT molecular complexity index is 815. The number of benzene rings is 2. The number of fused-ring (bicyclic) bond motifs is 1. The molecule has 4 rings (SSSR count). The number of halogens is 1. The molecule has 1 fully saturated rings. The normalized spacial score (nSPS) is 22.0. The number of aliphatic hydroxyl groups is 1. The number of nitrogens with one attached hydrogen (secondary N) is 1. The first-order chi connectivity index (χ1) is 11.2. The molecule has 23 heavy (non-hydrogen) atoms. The minimum absolute atomic E-state index is 0.114. The van der Waals surface area contributed by atoms with Gasteiger partial charge in [-0.3, -0.25) is 10.00 Å². The quantitative estimate of drug-likeness (QED) is 0.782. The van der Waals surface area contributed by atoms with Crippen LogP contribution >= 0.6 is 0 Å². The van der Waals surface area contributed by atoms with Gasteiger partial charge >= 0.3 is 0 Å². The number of H-pyrrole nitrogens is 1. The van der Waals surface area contributed by atoms with E-state index in [4.69, 9.17) is 0 Å². The summed E-state index contributed by atoms with van der Waals surface area (Å²) in [5.41, 5.74) is 3.23. The van der Waals surface area contributed by atoms with Crippen molar-refractivity contribution in [3.05, 3.63) is 65.6 Å². The molecule has 0 radical (unpaired) electrons. The summed E-state index contributed by atoms with van der Waals surface area (Å²) in [5.74, 6) is -0.233. The molecular formula is C18H18FN3O. The molecule has 4 nitrogen and oxygen atoms in total. The fraction of sp³-hybridized carbons (Fsp3) is 0.278. The van der Waals surface area contributed by atoms with E-state index in [0.29, 0.717) is 13.0 Å². The zero-order chi connectivity index (χ0) is 15.8. The van der Waals surface area contributed by atoms with Crippen molar-refractivity contribution in [3.8, 4) is 0 Å². The van der Waals surface area contributed by atoms with Gasteiger partial charge in [0.2, 0.25) is 0 Å². The molecule has 1 saturated heterocycles. The van der Waals surface area contributed by atoms with Crippen molar-refractivity contribution in [2.24, 2.45) is 0 Å². The van der Waals surface area contributed by atoms with Crippen molar-refractivity contribution in [2.75, 3.05) is 6.54 Å². The molecule has 1 aliphatic heterocycles. The number of hydrogen-bond acceptors (Lipinski definition) is 3. The van der Waals surface area contributed by atoms with Crippen LogP contribution in [0.1, 0.15) is 23.6 Å². The Hall–Kier alpha value is -2.24. The number of nitrogens with zero attached hydrogens (tertiary/aromatic N) is 2. The monoisotopic (exact) mass is 311 g/mol. The number of aromatic amines is 1. The topological polar surface area (TPSA) is 52.1 Å². The minimum Gasteiger partial charge on any atom is -0.392 e. The third-order valence-corrected chi connectivity index (χ3v) is 4.53. The molecule has 1 aliphatic rings. The highest BCUT2D eigenvalue weighted by atomic mass is 19.1. The van der Waals surface area contributed by atoms with Crippen molar-refractivity contribution in [3.63, 3.8) is 0 Å². The molecule has 2 heterocycles. The summed E-state index contributed by atoms with van der Waals surface area (Å²) in [6.07, 6.45) is 2.14. The zero-order valence-corrected chi connectivity index (χ0v) is 12.6. The van der Waals surface area contributed by atoms with Crippen LogP contribution in [0.15, 0.2) is 48.7 Å². The molecule has 0 unspecified atom stereocenters. The third-order valence-electron chi connectivity index (χ3n) is 4.53. The molecule has 0 bridgehead atoms. The van der Waals surface area contributed by atoms with Gasteiger partial charge in [-0.05, 0) is 35.7 Å². The van der Waals surface area contributed by atoms with Gasteiger partial charge in [-0.15, -0.1) is 0 Å². The number of aliphatic hydroxyl groups excluding tert-OH is 1. The summed E-state index contributed by atoms with van der Waals surface area (Å²) in [5, 5.41) is 18.2. The molecule has 0 amide bonds. The number of hydrogen-bond donors (Lipinski definition) is 2. The van der Waals surface area contributed by atoms with Gasteiger partial charge in [0.1, 0.15) is 5.82 Å². The molecule has 5 heteroatoms. The second kappa shape index (κ2) is 5.76. The summed E-state index contributed by atoms with van der Waals surface area (Å²) in [6, 6.07) is 12.9. The number of likely N-dealkylation sites (tertiary alicyclic amines) is 1. The van der Waals surface area contributed by atoms with E-state index in [1.54, 1.807) is 6.20 Å². The second-order valence-electron chi connectivity index (χ2n) is 6.18. The molecule has 3 aromatic rings. The van der Waals surface area contributed by atoms with Gasteiger partial charge in [-0.1, -0.05) is 24.3 Å². The van der Waals surface area contributed by atoms with E-state index in [2.05, 4.69) is 27.2 Å². The summed E-state index contributed by atoms with van der Waals surface area (Å²) in [4.78, 5) is 2.25. The van der Waals surface area contributed by atoms with E-state index >= 15 is 0 Å². The van der Waals surface area contributed by atoms with Crippen LogP contribution in [0.4, 0.5) is 4.39 Å². The second-order valence-corrected chi connectivity index (χ2v) is 6.18. The van der Waals surface area contributed by atoms with Gasteiger partial charge in [0.25, 0.3) is 0 Å². The first kappa shape index (κ1) is 14.4. The highest BCUT2D eigenvalue weighted by molar-refractivity contribution is 5.78. The molecule has 1 aromatic heterocycles. The molecular weight excluding hydrogens is 293 g/mol. The predicted octanol–water partition coefficient (Wildman–Crippen LogP) is 3.01. The summed E-state index contributed by atoms with van der Waals surface area (Å²) in [7, 11) is 0. The molecule has 2 atom stereocenters. The van der Waals surface area contributed by atoms with Crippen LogP contribution in [0.3, 0.4) is 0 Å². The van der Waals surface area contributed by atoms with Crippen LogP contribution in [0.5, 0.6) is 0 Å². The van der Waals surface area contributed by atoms with Crippen molar-refractivity contribution in [2.45, 2.75) is 25.1 Å². The van der Waals surface area contributed by atoms with Crippen molar-refractivity contribution < 1.29 is 9.50 Å². The Morgan fingerprint density at radius 2 is 2.04 bits per heavy atom. The van der Waals surface area contributed by atoms with Crippen molar-refractivity contribution >= 4 is 10.9 Å². The van der Waals surface area contributed by atoms with E-state index in [1.165, 1.54) is 17.7 Å². The van der Waals surface area contributed by atoms with Gasteiger partial charge < -0.3 is 5.11 Å². The van der Waals surface area contributed by atoms with Crippen molar-refractivity contribution in [1.29, 1.82) is 0 Å². The first-order valence-corrected chi connectivity index (χ1v) is 7.78. The van der Waals surface area contributed by atoms with E-state index in [9.17, 15) is 9.50 Å². The summed E-state index contributed by atoms with van der Waals surface area (Å²) >= 11 is 0. The summed E-state index contributed by atoms with van der Waals surface area (Å²) < 4.78 is 13.1. The molecule has 2 aromatic carbocycles. The van der Waals surface area contributed by atoms with E-state index in [1.807, 2.05) is 18.2 Å². The lowest BCUT2D eigenvalue weighted by Gasteiger charge is -2.24. The SMILES string of the molecule is O[C@H]1C[C@H](c2ccc(F)cc2)N(Cc2ccc3cn[nH]c3c2)C1. The Balaban J connectivity index is 1.59. The Morgan fingerprint density at radius 1 is 1.22 bits per heavy atom. The maximum absolute atomic E-state index is 13.1. The van der Waals surface area contributed by atoms with Crippen LogP contribution < -0.4 is 0 Å². The zero-order valence-electron chi connectivity index (χ0n) is 12.6. The van der Waals surface area contributed by atoms with Gasteiger partial charge in [0.15, 0.2) is 0 Å². The third kappa shape index (κ3) is 2.85. The van der Waals surface area contributed by atoms with Gasteiger partial charge in [0, 0.05) is 24.5 Å². The number of rotatable bonds is 3. The summed E-state index contributed by atoms with van der Waals surface area (Å²) in [6.45, 7) is 1.37. The van der Waals surface area contributed by atoms with E-state index in [0.717, 1.165) is 23.0 Å². The average Bonchev–Trinajstić information content (AvgIpc) is 3.14. The maximum Gasteiger partial charge on any atom is 0.123 e. The molecule has 0 aliphatic carbocycles. The smallest absolute Gasteiger partial charge is 0.123 e. The van der Waals surface area contributed by atoms with Crippen molar-refractivity contribution in [1.82, 2.24) is 15.1 Å². The Morgan fingerprint density at radius 3 is 2.87 bits per heavy atom. The Labute approximate surface area is 133 Å². The largest absolute Gasteiger partial charge is 0.392 e.